The van der Waals surface area contributed by atoms with Gasteiger partial charge in [-0.3, -0.25) is 20.0 Å². The van der Waals surface area contributed by atoms with Crippen LogP contribution in [-0.2, 0) is 19.6 Å². The number of fused-ring (bicyclic) bond motifs is 1. The van der Waals surface area contributed by atoms with Crippen LogP contribution in [0.1, 0.15) is 68.5 Å². The number of para-hydroxylation sites is 2. The number of ether oxygens (including phenoxy) is 1. The Labute approximate surface area is 252 Å². The maximum atomic E-state index is 13.6. The number of rotatable bonds is 10. The number of carbonyl (C=O) groups excluding carboxylic acids is 2. The molecule has 5 rings (SSSR count). The molecule has 0 bridgehead atoms. The van der Waals surface area contributed by atoms with Crippen LogP contribution >= 0.6 is 0 Å². The van der Waals surface area contributed by atoms with Crippen LogP contribution in [0.2, 0.25) is 0 Å². The summed E-state index contributed by atoms with van der Waals surface area (Å²) in [5.41, 5.74) is 4.20. The molecular formula is C31H39N5O6S. The van der Waals surface area contributed by atoms with E-state index in [2.05, 4.69) is 14.8 Å². The van der Waals surface area contributed by atoms with Crippen molar-refractivity contribution in [1.82, 2.24) is 20.3 Å². The molecule has 11 nitrogen and oxygen atoms in total. The van der Waals surface area contributed by atoms with Crippen molar-refractivity contribution in [2.45, 2.75) is 62.7 Å². The molecule has 1 amide bonds. The standard InChI is InChI=1S/C31H39N5O6S/c37-27(30-32-26-14-7-8-16-28(26)42-30)15-9-19-36(29(38)18-17-24-10-3-1-4-11-24)33-31(35-20-22-41-23-21-35)34-43(39,40)25-12-5-2-6-13-25/h2,5-8,12-14,16,24H,1,3-4,9-11,15,17-23H2,(H,33,34). The lowest BCUT2D eigenvalue weighted by atomic mass is 9.86. The van der Waals surface area contributed by atoms with Gasteiger partial charge in [-0.05, 0) is 43.0 Å². The number of hydrogen-bond donors (Lipinski definition) is 1. The average Bonchev–Trinajstić information content (AvgIpc) is 3.49. The van der Waals surface area contributed by atoms with E-state index in [0.717, 1.165) is 19.3 Å². The van der Waals surface area contributed by atoms with Gasteiger partial charge in [0, 0.05) is 32.5 Å². The van der Waals surface area contributed by atoms with E-state index in [1.165, 1.54) is 36.4 Å². The number of sulfonamides is 1. The molecule has 2 aromatic carbocycles. The molecule has 1 aromatic heterocycles. The SMILES string of the molecule is O=C(CCCN(NC(=NS(=O)(=O)c1ccccc1)N1CCOCC1)C(=O)CCC1CCCCC1)c1nc2ccccc2o1. The highest BCUT2D eigenvalue weighted by atomic mass is 32.2. The Morgan fingerprint density at radius 3 is 2.44 bits per heavy atom. The molecule has 230 valence electrons. The van der Waals surface area contributed by atoms with Gasteiger partial charge in [-0.15, -0.1) is 4.40 Å². The number of nitrogens with one attached hydrogen (secondary N) is 1. The zero-order valence-corrected chi connectivity index (χ0v) is 25.1. The number of aromatic nitrogens is 1. The molecule has 2 heterocycles. The molecule has 3 aromatic rings. The maximum absolute atomic E-state index is 13.6. The third-order valence-electron chi connectivity index (χ3n) is 7.90. The number of oxazole rings is 1. The first-order chi connectivity index (χ1) is 20.9. The van der Waals surface area contributed by atoms with Crippen molar-refractivity contribution in [2.75, 3.05) is 32.8 Å². The average molecular weight is 610 g/mol. The van der Waals surface area contributed by atoms with Crippen LogP contribution in [0, 0.1) is 5.92 Å². The lowest BCUT2D eigenvalue weighted by Crippen LogP contribution is -2.55. The van der Waals surface area contributed by atoms with Gasteiger partial charge in [0.1, 0.15) is 5.52 Å². The molecule has 1 saturated carbocycles. The quantitative estimate of drug-likeness (QED) is 0.152. The molecule has 0 atom stereocenters. The van der Waals surface area contributed by atoms with Gasteiger partial charge in [0.05, 0.1) is 18.1 Å². The summed E-state index contributed by atoms with van der Waals surface area (Å²) in [7, 11) is -4.06. The van der Waals surface area contributed by atoms with Gasteiger partial charge in [-0.25, -0.2) is 4.98 Å². The normalized spacial score (nSPS) is 16.7. The third kappa shape index (κ3) is 8.41. The van der Waals surface area contributed by atoms with Gasteiger partial charge in [0.15, 0.2) is 5.58 Å². The Kier molecular flexibility index (Phi) is 10.4. The summed E-state index contributed by atoms with van der Waals surface area (Å²) in [6, 6.07) is 15.2. The molecule has 43 heavy (non-hydrogen) atoms. The van der Waals surface area contributed by atoms with Gasteiger partial charge in [-0.2, -0.15) is 8.42 Å². The number of guanidine groups is 1. The van der Waals surface area contributed by atoms with Crippen LogP contribution in [0.5, 0.6) is 0 Å². The summed E-state index contributed by atoms with van der Waals surface area (Å²) in [5.74, 6) is 0.168. The molecule has 1 aliphatic heterocycles. The fraction of sp³-hybridized carbons (Fsp3) is 0.484. The van der Waals surface area contributed by atoms with Gasteiger partial charge in [-0.1, -0.05) is 62.4 Å². The Morgan fingerprint density at radius 1 is 0.977 bits per heavy atom. The Morgan fingerprint density at radius 2 is 1.70 bits per heavy atom. The number of amides is 1. The second-order valence-electron chi connectivity index (χ2n) is 11.0. The molecular weight excluding hydrogens is 570 g/mol. The van der Waals surface area contributed by atoms with E-state index >= 15 is 0 Å². The van der Waals surface area contributed by atoms with Crippen molar-refractivity contribution in [3.8, 4) is 0 Å². The number of hydrogen-bond acceptors (Lipinski definition) is 7. The number of Topliss-reactive ketones (excluding diaryl/α,β-unsaturated/α-hetero) is 1. The second-order valence-corrected chi connectivity index (χ2v) is 12.6. The van der Waals surface area contributed by atoms with Crippen LogP contribution in [0.4, 0.5) is 0 Å². The molecule has 0 spiro atoms. The first-order valence-corrected chi connectivity index (χ1v) is 16.5. The van der Waals surface area contributed by atoms with E-state index in [4.69, 9.17) is 9.15 Å². The highest BCUT2D eigenvalue weighted by Crippen LogP contribution is 2.27. The van der Waals surface area contributed by atoms with Gasteiger partial charge < -0.3 is 14.1 Å². The summed E-state index contributed by atoms with van der Waals surface area (Å²) in [6.45, 7) is 1.80. The van der Waals surface area contributed by atoms with E-state index in [1.54, 1.807) is 35.2 Å². The van der Waals surface area contributed by atoms with Crippen molar-refractivity contribution in [2.24, 2.45) is 10.3 Å². The fourth-order valence-corrected chi connectivity index (χ4v) is 6.47. The highest BCUT2D eigenvalue weighted by molar-refractivity contribution is 7.90. The summed E-state index contributed by atoms with van der Waals surface area (Å²) < 4.78 is 41.7. The van der Waals surface area contributed by atoms with E-state index in [-0.39, 0.29) is 41.4 Å². The molecule has 1 saturated heterocycles. The van der Waals surface area contributed by atoms with E-state index < -0.39 is 10.0 Å². The van der Waals surface area contributed by atoms with Crippen LogP contribution in [0.15, 0.2) is 68.3 Å². The van der Waals surface area contributed by atoms with Gasteiger partial charge in [0.25, 0.3) is 15.9 Å². The second kappa shape index (κ2) is 14.6. The minimum atomic E-state index is -4.06. The summed E-state index contributed by atoms with van der Waals surface area (Å²) >= 11 is 0. The topological polar surface area (TPSA) is 134 Å². The molecule has 2 aliphatic rings. The minimum absolute atomic E-state index is 0.0360. The lowest BCUT2D eigenvalue weighted by molar-refractivity contribution is -0.133. The van der Waals surface area contributed by atoms with E-state index in [1.807, 2.05) is 12.1 Å². The van der Waals surface area contributed by atoms with Crippen molar-refractivity contribution in [3.05, 3.63) is 60.5 Å². The minimum Gasteiger partial charge on any atom is -0.434 e. The van der Waals surface area contributed by atoms with Crippen LogP contribution < -0.4 is 5.43 Å². The third-order valence-corrected chi connectivity index (χ3v) is 9.18. The molecule has 12 heteroatoms. The monoisotopic (exact) mass is 609 g/mol. The van der Waals surface area contributed by atoms with Crippen molar-refractivity contribution < 1.29 is 27.2 Å². The zero-order chi connectivity index (χ0) is 30.1. The Bertz CT molecular complexity index is 1480. The van der Waals surface area contributed by atoms with E-state index in [9.17, 15) is 18.0 Å². The van der Waals surface area contributed by atoms with E-state index in [0.29, 0.717) is 56.2 Å². The van der Waals surface area contributed by atoms with Gasteiger partial charge in [0.2, 0.25) is 17.6 Å². The molecule has 0 radical (unpaired) electrons. The first-order valence-electron chi connectivity index (χ1n) is 15.1. The number of hydrazine groups is 1. The Hall–Kier alpha value is -3.77. The largest absolute Gasteiger partial charge is 0.434 e. The number of ketones is 1. The fourth-order valence-electron chi connectivity index (χ4n) is 5.48. The first kappa shape index (κ1) is 30.7. The molecule has 0 unspecified atom stereocenters. The summed E-state index contributed by atoms with van der Waals surface area (Å²) in [5, 5.41) is 1.41. The van der Waals surface area contributed by atoms with Crippen LogP contribution in [0.3, 0.4) is 0 Å². The summed E-state index contributed by atoms with van der Waals surface area (Å²) in [6.07, 6.45) is 7.36. The number of morpholine rings is 1. The predicted octanol–water partition coefficient (Wildman–Crippen LogP) is 4.56. The molecule has 2 fully saturated rings. The predicted molar refractivity (Wildman–Crippen MR) is 162 cm³/mol. The zero-order valence-electron chi connectivity index (χ0n) is 24.3. The van der Waals surface area contributed by atoms with Crippen molar-refractivity contribution in [1.29, 1.82) is 0 Å². The summed E-state index contributed by atoms with van der Waals surface area (Å²) in [4.78, 5) is 32.6. The maximum Gasteiger partial charge on any atom is 0.285 e. The highest BCUT2D eigenvalue weighted by Gasteiger charge is 2.26. The van der Waals surface area contributed by atoms with Crippen LogP contribution in [0.25, 0.3) is 11.1 Å². The number of nitrogens with zero attached hydrogens (tertiary/aromatic N) is 4. The number of carbonyl (C=O) groups is 2. The smallest absolute Gasteiger partial charge is 0.285 e. The molecule has 1 N–H and O–H groups in total. The van der Waals surface area contributed by atoms with Crippen molar-refractivity contribution >= 4 is 38.8 Å². The van der Waals surface area contributed by atoms with Crippen molar-refractivity contribution in [3.63, 3.8) is 0 Å². The van der Waals surface area contributed by atoms with Gasteiger partial charge >= 0.3 is 0 Å². The molecule has 1 aliphatic carbocycles. The lowest BCUT2D eigenvalue weighted by Gasteiger charge is -2.33. The van der Waals surface area contributed by atoms with Crippen LogP contribution in [-0.4, -0.2) is 73.8 Å². The Balaban J connectivity index is 1.33. The number of benzene rings is 2.